The predicted molar refractivity (Wildman–Crippen MR) is 131 cm³/mol. The van der Waals surface area contributed by atoms with Crippen LogP contribution in [-0.4, -0.2) is 25.1 Å². The Bertz CT molecular complexity index is 1100. The summed E-state index contributed by atoms with van der Waals surface area (Å²) in [6.45, 7) is 2.22. The van der Waals surface area contributed by atoms with Gasteiger partial charge in [-0.15, -0.1) is 0 Å². The first-order valence-corrected chi connectivity index (χ1v) is 11.3. The molecule has 7 heteroatoms. The van der Waals surface area contributed by atoms with Crippen LogP contribution in [0.15, 0.2) is 72.8 Å². The fraction of sp³-hybridized carbons (Fsp3) is 0.231. The molecule has 1 fully saturated rings. The number of anilines is 2. The summed E-state index contributed by atoms with van der Waals surface area (Å²) in [4.78, 5) is 24.9. The van der Waals surface area contributed by atoms with Crippen molar-refractivity contribution in [3.8, 4) is 0 Å². The van der Waals surface area contributed by atoms with Crippen LogP contribution >= 0.6 is 11.6 Å². The average molecular weight is 464 g/mol. The Labute approximate surface area is 198 Å². The van der Waals surface area contributed by atoms with Crippen molar-refractivity contribution in [3.63, 3.8) is 0 Å². The molecule has 2 amide bonds. The second kappa shape index (κ2) is 11.0. The van der Waals surface area contributed by atoms with Crippen molar-refractivity contribution < 1.29 is 14.3 Å². The lowest BCUT2D eigenvalue weighted by molar-refractivity contribution is 0.102. The van der Waals surface area contributed by atoms with Crippen molar-refractivity contribution in [2.24, 2.45) is 0 Å². The van der Waals surface area contributed by atoms with Gasteiger partial charge >= 0.3 is 6.09 Å². The van der Waals surface area contributed by atoms with Gasteiger partial charge in [0.25, 0.3) is 5.91 Å². The molecular formula is C26H26ClN3O3. The molecule has 0 saturated carbocycles. The molecular weight excluding hydrogens is 438 g/mol. The number of halogens is 1. The van der Waals surface area contributed by atoms with Crippen molar-refractivity contribution in [1.29, 1.82) is 0 Å². The normalized spacial score (nSPS) is 13.8. The van der Waals surface area contributed by atoms with Crippen LogP contribution < -0.4 is 16.0 Å². The molecule has 1 aliphatic rings. The molecule has 0 aliphatic carbocycles. The molecule has 33 heavy (non-hydrogen) atoms. The van der Waals surface area contributed by atoms with Crippen molar-refractivity contribution in [2.75, 3.05) is 23.7 Å². The minimum Gasteiger partial charge on any atom is -0.444 e. The maximum atomic E-state index is 12.8. The summed E-state index contributed by atoms with van der Waals surface area (Å²) in [5, 5.41) is 9.22. The SMILES string of the molecule is O=C(Nc1cc(Cl)cc(C(=O)Nc2ccc(C3CCNCC3)cc2)c1)OCc1ccccc1. The summed E-state index contributed by atoms with van der Waals surface area (Å²) < 4.78 is 5.23. The van der Waals surface area contributed by atoms with Crippen molar-refractivity contribution in [2.45, 2.75) is 25.4 Å². The van der Waals surface area contributed by atoms with E-state index in [0.717, 1.165) is 31.5 Å². The van der Waals surface area contributed by atoms with Crippen LogP contribution in [0.3, 0.4) is 0 Å². The molecule has 0 radical (unpaired) electrons. The number of nitrogens with one attached hydrogen (secondary N) is 3. The highest BCUT2D eigenvalue weighted by Crippen LogP contribution is 2.26. The zero-order valence-corrected chi connectivity index (χ0v) is 18.9. The van der Waals surface area contributed by atoms with Crippen LogP contribution in [0.2, 0.25) is 5.02 Å². The fourth-order valence-electron chi connectivity index (χ4n) is 3.87. The number of benzene rings is 3. The standard InChI is InChI=1S/C26H26ClN3O3/c27-22-14-21(15-24(16-22)30-26(32)33-17-18-4-2-1-3-5-18)25(31)29-23-8-6-19(7-9-23)20-10-12-28-13-11-20/h1-9,14-16,20,28H,10-13,17H2,(H,29,31)(H,30,32). The zero-order chi connectivity index (χ0) is 23.0. The van der Waals surface area contributed by atoms with E-state index in [9.17, 15) is 9.59 Å². The molecule has 1 heterocycles. The Morgan fingerprint density at radius 2 is 1.64 bits per heavy atom. The van der Waals surface area contributed by atoms with Gasteiger partial charge in [0, 0.05) is 22.0 Å². The molecule has 0 unspecified atom stereocenters. The highest BCUT2D eigenvalue weighted by Gasteiger charge is 2.15. The molecule has 0 spiro atoms. The van der Waals surface area contributed by atoms with Crippen molar-refractivity contribution in [3.05, 3.63) is 94.5 Å². The molecule has 0 bridgehead atoms. The van der Waals surface area contributed by atoms with Crippen LogP contribution in [0.1, 0.15) is 40.2 Å². The maximum absolute atomic E-state index is 12.8. The van der Waals surface area contributed by atoms with Crippen LogP contribution in [0.25, 0.3) is 0 Å². The number of hydrogen-bond donors (Lipinski definition) is 3. The van der Waals surface area contributed by atoms with Crippen LogP contribution in [0, 0.1) is 0 Å². The number of ether oxygens (including phenoxy) is 1. The monoisotopic (exact) mass is 463 g/mol. The minimum atomic E-state index is -0.624. The maximum Gasteiger partial charge on any atom is 0.411 e. The van der Waals surface area contributed by atoms with E-state index in [-0.39, 0.29) is 12.5 Å². The van der Waals surface area contributed by atoms with Crippen LogP contribution in [-0.2, 0) is 11.3 Å². The van der Waals surface area contributed by atoms with Gasteiger partial charge in [-0.05, 0) is 73.3 Å². The van der Waals surface area contributed by atoms with E-state index in [4.69, 9.17) is 16.3 Å². The highest BCUT2D eigenvalue weighted by molar-refractivity contribution is 6.31. The van der Waals surface area contributed by atoms with Gasteiger partial charge in [-0.3, -0.25) is 10.1 Å². The second-order valence-electron chi connectivity index (χ2n) is 8.02. The average Bonchev–Trinajstić information content (AvgIpc) is 2.84. The van der Waals surface area contributed by atoms with Gasteiger partial charge in [0.15, 0.2) is 0 Å². The summed E-state index contributed by atoms with van der Waals surface area (Å²) in [7, 11) is 0. The lowest BCUT2D eigenvalue weighted by atomic mass is 9.90. The van der Waals surface area contributed by atoms with Gasteiger partial charge in [0.1, 0.15) is 6.61 Å². The molecule has 4 rings (SSSR count). The molecule has 3 N–H and O–H groups in total. The first kappa shape index (κ1) is 22.8. The van der Waals surface area contributed by atoms with Gasteiger partial charge in [0.2, 0.25) is 0 Å². The number of hydrogen-bond acceptors (Lipinski definition) is 4. The lowest BCUT2D eigenvalue weighted by Gasteiger charge is -2.23. The summed E-state index contributed by atoms with van der Waals surface area (Å²) in [5.74, 6) is 0.243. The number of piperidine rings is 1. The lowest BCUT2D eigenvalue weighted by Crippen LogP contribution is -2.26. The van der Waals surface area contributed by atoms with Gasteiger partial charge in [0.05, 0.1) is 0 Å². The summed E-state index contributed by atoms with van der Waals surface area (Å²) >= 11 is 6.18. The molecule has 0 aromatic heterocycles. The summed E-state index contributed by atoms with van der Waals surface area (Å²) in [6.07, 6.45) is 1.62. The third-order valence-electron chi connectivity index (χ3n) is 5.60. The minimum absolute atomic E-state index is 0.147. The third-order valence-corrected chi connectivity index (χ3v) is 5.82. The molecule has 0 atom stereocenters. The number of rotatable bonds is 6. The van der Waals surface area contributed by atoms with E-state index in [1.54, 1.807) is 18.2 Å². The Balaban J connectivity index is 1.36. The third kappa shape index (κ3) is 6.57. The Hall–Kier alpha value is -3.35. The summed E-state index contributed by atoms with van der Waals surface area (Å²) in [5.41, 5.74) is 3.59. The largest absolute Gasteiger partial charge is 0.444 e. The van der Waals surface area contributed by atoms with Gasteiger partial charge in [-0.2, -0.15) is 0 Å². The topological polar surface area (TPSA) is 79.5 Å². The molecule has 6 nitrogen and oxygen atoms in total. The zero-order valence-electron chi connectivity index (χ0n) is 18.1. The Kier molecular flexibility index (Phi) is 7.60. The van der Waals surface area contributed by atoms with E-state index in [1.165, 1.54) is 5.56 Å². The smallest absolute Gasteiger partial charge is 0.411 e. The molecule has 3 aromatic rings. The van der Waals surface area contributed by atoms with Gasteiger partial charge < -0.3 is 15.4 Å². The predicted octanol–water partition coefficient (Wildman–Crippen LogP) is 5.81. The quantitative estimate of drug-likeness (QED) is 0.431. The summed E-state index contributed by atoms with van der Waals surface area (Å²) in [6, 6.07) is 22.0. The van der Waals surface area contributed by atoms with Crippen molar-refractivity contribution in [1.82, 2.24) is 5.32 Å². The van der Waals surface area contributed by atoms with Gasteiger partial charge in [-0.25, -0.2) is 4.79 Å². The van der Waals surface area contributed by atoms with E-state index in [2.05, 4.69) is 28.1 Å². The first-order chi connectivity index (χ1) is 16.1. The van der Waals surface area contributed by atoms with E-state index in [1.807, 2.05) is 42.5 Å². The number of amides is 2. The van der Waals surface area contributed by atoms with Crippen molar-refractivity contribution >= 4 is 35.0 Å². The molecule has 1 saturated heterocycles. The fourth-order valence-corrected chi connectivity index (χ4v) is 4.10. The second-order valence-corrected chi connectivity index (χ2v) is 8.45. The first-order valence-electron chi connectivity index (χ1n) is 11.0. The molecule has 170 valence electrons. The van der Waals surface area contributed by atoms with Crippen LogP contribution in [0.4, 0.5) is 16.2 Å². The Morgan fingerprint density at radius 3 is 2.36 bits per heavy atom. The molecule has 3 aromatic carbocycles. The van der Waals surface area contributed by atoms with Crippen LogP contribution in [0.5, 0.6) is 0 Å². The van der Waals surface area contributed by atoms with E-state index >= 15 is 0 Å². The highest BCUT2D eigenvalue weighted by atomic mass is 35.5. The Morgan fingerprint density at radius 1 is 0.909 bits per heavy atom. The van der Waals surface area contributed by atoms with E-state index in [0.29, 0.717) is 27.9 Å². The number of carbonyl (C=O) groups is 2. The van der Waals surface area contributed by atoms with Gasteiger partial charge in [-0.1, -0.05) is 54.1 Å². The molecule has 1 aliphatic heterocycles. The van der Waals surface area contributed by atoms with E-state index < -0.39 is 6.09 Å². The number of carbonyl (C=O) groups excluding carboxylic acids is 2.